The monoisotopic (exact) mass is 260 g/mol. The van der Waals surface area contributed by atoms with Gasteiger partial charge in [0.2, 0.25) is 0 Å². The van der Waals surface area contributed by atoms with E-state index in [1.165, 1.54) is 0 Å². The highest BCUT2D eigenvalue weighted by Crippen LogP contribution is 2.23. The molecule has 0 unspecified atom stereocenters. The van der Waals surface area contributed by atoms with E-state index in [9.17, 15) is 4.39 Å². The number of nitrogens with zero attached hydrogens (tertiary/aromatic N) is 4. The van der Waals surface area contributed by atoms with E-state index in [1.54, 1.807) is 17.1 Å². The number of aromatic nitrogens is 4. The lowest BCUT2D eigenvalue weighted by atomic mass is 10.3. The second-order valence-corrected chi connectivity index (χ2v) is 3.74. The molecular weight excluding hydrogens is 254 g/mol. The number of halogens is 3. The fourth-order valence-corrected chi connectivity index (χ4v) is 1.56. The fourth-order valence-electron chi connectivity index (χ4n) is 1.18. The number of hydrogen-bond donors (Lipinski definition) is 0. The molecule has 0 amide bonds. The van der Waals surface area contributed by atoms with Gasteiger partial charge in [0.05, 0.1) is 11.8 Å². The first-order valence-electron chi connectivity index (χ1n) is 4.53. The Morgan fingerprint density at radius 3 is 2.44 bits per heavy atom. The summed E-state index contributed by atoms with van der Waals surface area (Å²) in [7, 11) is 0. The van der Waals surface area contributed by atoms with Crippen LogP contribution in [0.5, 0.6) is 0 Å². The second kappa shape index (κ2) is 4.35. The molecule has 2 heterocycles. The van der Waals surface area contributed by atoms with Crippen LogP contribution in [0.15, 0.2) is 12.4 Å². The predicted octanol–water partition coefficient (Wildman–Crippen LogP) is 2.81. The molecule has 2 aromatic rings. The van der Waals surface area contributed by atoms with Gasteiger partial charge in [-0.15, -0.1) is 0 Å². The fraction of sp³-hybridized carbons (Fsp3) is 0.222. The van der Waals surface area contributed by atoms with Gasteiger partial charge in [0.25, 0.3) is 0 Å². The molecule has 0 bridgehead atoms. The van der Waals surface area contributed by atoms with Crippen molar-refractivity contribution in [2.75, 3.05) is 0 Å². The standard InChI is InChI=1S/C9H7Cl2FN4/c1-2-16-4-5(3-13-16)9-14-7(10)6(12)8(11)15-9/h3-4H,2H2,1H3. The van der Waals surface area contributed by atoms with E-state index < -0.39 is 5.82 Å². The molecule has 0 N–H and O–H groups in total. The maximum absolute atomic E-state index is 13.1. The van der Waals surface area contributed by atoms with E-state index in [2.05, 4.69) is 15.1 Å². The van der Waals surface area contributed by atoms with Crippen LogP contribution in [0.3, 0.4) is 0 Å². The highest BCUT2D eigenvalue weighted by atomic mass is 35.5. The minimum absolute atomic E-state index is 0.260. The van der Waals surface area contributed by atoms with Crippen molar-refractivity contribution in [3.05, 3.63) is 28.5 Å². The Morgan fingerprint density at radius 1 is 1.31 bits per heavy atom. The Hall–Kier alpha value is -1.20. The quantitative estimate of drug-likeness (QED) is 0.780. The Morgan fingerprint density at radius 2 is 1.94 bits per heavy atom. The Balaban J connectivity index is 2.48. The molecular formula is C9H7Cl2FN4. The van der Waals surface area contributed by atoms with Crippen molar-refractivity contribution < 1.29 is 4.39 Å². The Bertz CT molecular complexity index is 503. The second-order valence-electron chi connectivity index (χ2n) is 3.03. The molecule has 0 aliphatic heterocycles. The zero-order chi connectivity index (χ0) is 11.7. The van der Waals surface area contributed by atoms with Crippen LogP contribution in [0.2, 0.25) is 10.3 Å². The number of rotatable bonds is 2. The van der Waals surface area contributed by atoms with Gasteiger partial charge in [-0.2, -0.15) is 5.10 Å². The summed E-state index contributed by atoms with van der Waals surface area (Å²) in [5, 5.41) is 3.46. The van der Waals surface area contributed by atoms with Crippen molar-refractivity contribution in [2.24, 2.45) is 0 Å². The maximum Gasteiger partial charge on any atom is 0.197 e. The van der Waals surface area contributed by atoms with Crippen molar-refractivity contribution >= 4 is 23.2 Å². The van der Waals surface area contributed by atoms with Crippen molar-refractivity contribution in [1.82, 2.24) is 19.7 Å². The maximum atomic E-state index is 13.1. The van der Waals surface area contributed by atoms with Crippen LogP contribution in [0.1, 0.15) is 6.92 Å². The third-order valence-corrected chi connectivity index (χ3v) is 2.49. The third kappa shape index (κ3) is 2.01. The van der Waals surface area contributed by atoms with Crippen LogP contribution < -0.4 is 0 Å². The highest BCUT2D eigenvalue weighted by molar-refractivity contribution is 6.33. The SMILES string of the molecule is CCn1cc(-c2nc(Cl)c(F)c(Cl)n2)cn1. The summed E-state index contributed by atoms with van der Waals surface area (Å²) in [6, 6.07) is 0. The normalized spacial score (nSPS) is 10.8. The minimum Gasteiger partial charge on any atom is -0.272 e. The molecule has 4 nitrogen and oxygen atoms in total. The van der Waals surface area contributed by atoms with Crippen LogP contribution in [0.25, 0.3) is 11.4 Å². The van der Waals surface area contributed by atoms with Gasteiger partial charge in [-0.05, 0) is 6.92 Å². The van der Waals surface area contributed by atoms with Crippen molar-refractivity contribution in [1.29, 1.82) is 0 Å². The molecule has 16 heavy (non-hydrogen) atoms. The lowest BCUT2D eigenvalue weighted by Crippen LogP contribution is -1.94. The first-order chi connectivity index (χ1) is 7.61. The summed E-state index contributed by atoms with van der Waals surface area (Å²) in [4.78, 5) is 7.59. The molecule has 0 spiro atoms. The summed E-state index contributed by atoms with van der Waals surface area (Å²) in [6.45, 7) is 2.67. The van der Waals surface area contributed by atoms with Crippen LogP contribution in [0.4, 0.5) is 4.39 Å². The van der Waals surface area contributed by atoms with Gasteiger partial charge in [-0.3, -0.25) is 4.68 Å². The lowest BCUT2D eigenvalue weighted by molar-refractivity contribution is 0.615. The molecule has 0 atom stereocenters. The zero-order valence-corrected chi connectivity index (χ0v) is 9.80. The van der Waals surface area contributed by atoms with Crippen LogP contribution >= 0.6 is 23.2 Å². The molecule has 0 aliphatic rings. The first kappa shape index (κ1) is 11.3. The van der Waals surface area contributed by atoms with Crippen LogP contribution in [0, 0.1) is 5.82 Å². The molecule has 0 fully saturated rings. The Labute approximate surface area is 101 Å². The number of hydrogen-bond acceptors (Lipinski definition) is 3. The van der Waals surface area contributed by atoms with Crippen molar-refractivity contribution in [3.63, 3.8) is 0 Å². The number of aryl methyl sites for hydroxylation is 1. The van der Waals surface area contributed by atoms with Crippen LogP contribution in [-0.4, -0.2) is 19.7 Å². The lowest BCUT2D eigenvalue weighted by Gasteiger charge is -1.99. The molecule has 0 aromatic carbocycles. The van der Waals surface area contributed by atoms with E-state index in [-0.39, 0.29) is 16.1 Å². The molecule has 0 aliphatic carbocycles. The molecule has 7 heteroatoms. The summed E-state index contributed by atoms with van der Waals surface area (Å²) in [5.41, 5.74) is 0.644. The average Bonchev–Trinajstić information content (AvgIpc) is 2.73. The summed E-state index contributed by atoms with van der Waals surface area (Å²) < 4.78 is 14.8. The van der Waals surface area contributed by atoms with E-state index in [0.29, 0.717) is 5.56 Å². The van der Waals surface area contributed by atoms with E-state index in [0.717, 1.165) is 6.54 Å². The average molecular weight is 261 g/mol. The third-order valence-electron chi connectivity index (χ3n) is 1.99. The van der Waals surface area contributed by atoms with Gasteiger partial charge in [0.15, 0.2) is 21.9 Å². The van der Waals surface area contributed by atoms with E-state index in [4.69, 9.17) is 23.2 Å². The van der Waals surface area contributed by atoms with Crippen LogP contribution in [-0.2, 0) is 6.54 Å². The molecule has 84 valence electrons. The topological polar surface area (TPSA) is 43.6 Å². The van der Waals surface area contributed by atoms with Gasteiger partial charge in [-0.25, -0.2) is 14.4 Å². The zero-order valence-electron chi connectivity index (χ0n) is 8.28. The highest BCUT2D eigenvalue weighted by Gasteiger charge is 2.13. The van der Waals surface area contributed by atoms with E-state index in [1.807, 2.05) is 6.92 Å². The minimum atomic E-state index is -0.810. The van der Waals surface area contributed by atoms with Gasteiger partial charge in [-0.1, -0.05) is 23.2 Å². The molecule has 0 radical (unpaired) electrons. The van der Waals surface area contributed by atoms with E-state index >= 15 is 0 Å². The summed E-state index contributed by atoms with van der Waals surface area (Å²) in [5.74, 6) is -0.550. The largest absolute Gasteiger partial charge is 0.272 e. The van der Waals surface area contributed by atoms with Gasteiger partial charge < -0.3 is 0 Å². The van der Waals surface area contributed by atoms with Crippen molar-refractivity contribution in [2.45, 2.75) is 13.5 Å². The Kier molecular flexibility index (Phi) is 3.07. The molecule has 2 rings (SSSR count). The molecule has 2 aromatic heterocycles. The summed E-state index contributed by atoms with van der Waals surface area (Å²) in [6.07, 6.45) is 3.31. The molecule has 0 saturated carbocycles. The van der Waals surface area contributed by atoms with Gasteiger partial charge in [0.1, 0.15) is 0 Å². The smallest absolute Gasteiger partial charge is 0.197 e. The predicted molar refractivity (Wildman–Crippen MR) is 58.9 cm³/mol. The first-order valence-corrected chi connectivity index (χ1v) is 5.28. The molecule has 0 saturated heterocycles. The van der Waals surface area contributed by atoms with Crippen molar-refractivity contribution in [3.8, 4) is 11.4 Å². The van der Waals surface area contributed by atoms with Gasteiger partial charge in [0, 0.05) is 12.7 Å². The summed E-state index contributed by atoms with van der Waals surface area (Å²) >= 11 is 11.1. The van der Waals surface area contributed by atoms with Gasteiger partial charge >= 0.3 is 0 Å².